The van der Waals surface area contributed by atoms with Crippen molar-refractivity contribution in [1.82, 2.24) is 9.55 Å². The maximum Gasteiger partial charge on any atom is 0.419 e. The normalized spacial score (nSPS) is 12.5. The molecule has 0 spiro atoms. The van der Waals surface area contributed by atoms with Crippen LogP contribution in [0.2, 0.25) is 0 Å². The van der Waals surface area contributed by atoms with Gasteiger partial charge < -0.3 is 28.8 Å². The molecule has 0 aliphatic rings. The topological polar surface area (TPSA) is 101 Å². The Balaban J connectivity index is 1.66. The van der Waals surface area contributed by atoms with Crippen LogP contribution in [-0.2, 0) is 28.9 Å². The first kappa shape index (κ1) is 34.3. The number of nitrogens with zero attached hydrogens (tertiary/aromatic N) is 2. The summed E-state index contributed by atoms with van der Waals surface area (Å²) in [5, 5.41) is 8.98. The molecule has 0 amide bonds. The highest BCUT2D eigenvalue weighted by Gasteiger charge is 2.35. The van der Waals surface area contributed by atoms with Gasteiger partial charge in [0.05, 0.1) is 43.2 Å². The number of carbonyl (C=O) groups is 1. The van der Waals surface area contributed by atoms with Gasteiger partial charge in [0.1, 0.15) is 30.3 Å². The second-order valence-electron chi connectivity index (χ2n) is 11.4. The predicted molar refractivity (Wildman–Crippen MR) is 164 cm³/mol. The number of aliphatic hydroxyl groups excluding tert-OH is 1. The van der Waals surface area contributed by atoms with Crippen molar-refractivity contribution < 1.29 is 46.8 Å². The largest absolute Gasteiger partial charge is 0.497 e. The first-order valence-electron chi connectivity index (χ1n) is 14.5. The fourth-order valence-electron chi connectivity index (χ4n) is 4.35. The SMILES string of the molecule is COc1ccc(COc2cc(OCc3ccc(C(C)OCCO)cc3)ncc2-c2cc(C(F)(F)F)cn2C(=O)OC(C)(C)C)cc1. The number of ether oxygens (including phenoxy) is 5. The minimum absolute atomic E-state index is 0.0533. The molecule has 2 heterocycles. The average molecular weight is 643 g/mol. The van der Waals surface area contributed by atoms with Crippen molar-refractivity contribution in [3.63, 3.8) is 0 Å². The molecule has 0 aliphatic heterocycles. The molecular formula is C34H37F3N2O7. The van der Waals surface area contributed by atoms with E-state index in [0.717, 1.165) is 27.3 Å². The molecule has 4 rings (SSSR count). The summed E-state index contributed by atoms with van der Waals surface area (Å²) in [4.78, 5) is 17.4. The van der Waals surface area contributed by atoms with E-state index in [0.29, 0.717) is 11.9 Å². The molecule has 246 valence electrons. The summed E-state index contributed by atoms with van der Waals surface area (Å²) in [5.74, 6) is 0.949. The summed E-state index contributed by atoms with van der Waals surface area (Å²) in [7, 11) is 1.55. The molecule has 2 aromatic carbocycles. The van der Waals surface area contributed by atoms with Crippen molar-refractivity contribution in [2.75, 3.05) is 20.3 Å². The van der Waals surface area contributed by atoms with E-state index < -0.39 is 23.4 Å². The third-order valence-electron chi connectivity index (χ3n) is 6.70. The van der Waals surface area contributed by atoms with Crippen LogP contribution in [0.25, 0.3) is 11.3 Å². The van der Waals surface area contributed by atoms with Gasteiger partial charge in [-0.3, -0.25) is 4.57 Å². The van der Waals surface area contributed by atoms with Crippen LogP contribution in [0.15, 0.2) is 73.1 Å². The highest BCUT2D eigenvalue weighted by atomic mass is 19.4. The molecule has 12 heteroatoms. The van der Waals surface area contributed by atoms with Gasteiger partial charge in [-0.15, -0.1) is 0 Å². The lowest BCUT2D eigenvalue weighted by atomic mass is 10.1. The number of pyridine rings is 1. The first-order chi connectivity index (χ1) is 21.8. The average Bonchev–Trinajstić information content (AvgIpc) is 3.48. The van der Waals surface area contributed by atoms with Crippen LogP contribution in [0.3, 0.4) is 0 Å². The van der Waals surface area contributed by atoms with Gasteiger partial charge in [-0.05, 0) is 62.6 Å². The maximum atomic E-state index is 13.8. The Hall–Kier alpha value is -4.55. The number of carbonyl (C=O) groups excluding carboxylic acids is 1. The molecule has 0 radical (unpaired) electrons. The lowest BCUT2D eigenvalue weighted by Crippen LogP contribution is -2.27. The number of alkyl halides is 3. The number of benzene rings is 2. The fourth-order valence-corrected chi connectivity index (χ4v) is 4.35. The molecule has 1 atom stereocenters. The number of rotatable bonds is 12. The molecule has 0 saturated carbocycles. The minimum Gasteiger partial charge on any atom is -0.497 e. The van der Waals surface area contributed by atoms with Crippen LogP contribution in [-0.4, -0.2) is 46.7 Å². The summed E-state index contributed by atoms with van der Waals surface area (Å²) < 4.78 is 70.4. The van der Waals surface area contributed by atoms with E-state index in [1.165, 1.54) is 12.3 Å². The van der Waals surface area contributed by atoms with Crippen LogP contribution in [0.5, 0.6) is 17.4 Å². The lowest BCUT2D eigenvalue weighted by molar-refractivity contribution is -0.137. The fraction of sp³-hybridized carbons (Fsp3) is 0.353. The van der Waals surface area contributed by atoms with Gasteiger partial charge in [0.25, 0.3) is 0 Å². The van der Waals surface area contributed by atoms with Crippen molar-refractivity contribution in [1.29, 1.82) is 0 Å². The summed E-state index contributed by atoms with van der Waals surface area (Å²) in [6.45, 7) is 7.11. The van der Waals surface area contributed by atoms with Crippen LogP contribution < -0.4 is 14.2 Å². The molecule has 46 heavy (non-hydrogen) atoms. The van der Waals surface area contributed by atoms with Gasteiger partial charge in [-0.1, -0.05) is 36.4 Å². The molecular weight excluding hydrogens is 605 g/mol. The smallest absolute Gasteiger partial charge is 0.419 e. The number of halogens is 3. The van der Waals surface area contributed by atoms with E-state index in [9.17, 15) is 18.0 Å². The number of aliphatic hydroxyl groups is 1. The Morgan fingerprint density at radius 2 is 1.59 bits per heavy atom. The van der Waals surface area contributed by atoms with Crippen molar-refractivity contribution >= 4 is 6.09 Å². The van der Waals surface area contributed by atoms with E-state index >= 15 is 0 Å². The second-order valence-corrected chi connectivity index (χ2v) is 11.4. The van der Waals surface area contributed by atoms with Crippen LogP contribution in [0.4, 0.5) is 18.0 Å². The highest BCUT2D eigenvalue weighted by Crippen LogP contribution is 2.38. The molecule has 1 N–H and O–H groups in total. The van der Waals surface area contributed by atoms with Crippen molar-refractivity contribution in [2.24, 2.45) is 0 Å². The highest BCUT2D eigenvalue weighted by molar-refractivity contribution is 5.81. The zero-order chi connectivity index (χ0) is 33.5. The molecule has 1 unspecified atom stereocenters. The minimum atomic E-state index is -4.72. The van der Waals surface area contributed by atoms with E-state index in [1.807, 2.05) is 31.2 Å². The number of aromatic nitrogens is 2. The molecule has 0 bridgehead atoms. The number of hydrogen-bond acceptors (Lipinski definition) is 8. The molecule has 0 saturated heterocycles. The Morgan fingerprint density at radius 1 is 0.957 bits per heavy atom. The summed E-state index contributed by atoms with van der Waals surface area (Å²) >= 11 is 0. The van der Waals surface area contributed by atoms with Crippen molar-refractivity contribution in [3.8, 4) is 28.6 Å². The summed E-state index contributed by atoms with van der Waals surface area (Å²) in [5.41, 5.74) is 0.556. The van der Waals surface area contributed by atoms with Gasteiger partial charge in [-0.2, -0.15) is 13.2 Å². The monoisotopic (exact) mass is 642 g/mol. The number of hydrogen-bond donors (Lipinski definition) is 1. The summed E-state index contributed by atoms with van der Waals surface area (Å²) in [6, 6.07) is 17.0. The molecule has 4 aromatic rings. The van der Waals surface area contributed by atoms with Crippen LogP contribution in [0.1, 0.15) is 56.1 Å². The quantitative estimate of drug-likeness (QED) is 0.169. The lowest BCUT2D eigenvalue weighted by Gasteiger charge is -2.21. The van der Waals surface area contributed by atoms with Gasteiger partial charge >= 0.3 is 12.3 Å². The Morgan fingerprint density at radius 3 is 2.17 bits per heavy atom. The van der Waals surface area contributed by atoms with E-state index in [4.69, 9.17) is 28.8 Å². The van der Waals surface area contributed by atoms with Crippen molar-refractivity contribution in [3.05, 3.63) is 95.3 Å². The predicted octanol–water partition coefficient (Wildman–Crippen LogP) is 7.59. The third kappa shape index (κ3) is 9.24. The standard InChI is InChI=1S/C34H37F3N2O7/c1-22(43-15-14-40)25-10-6-23(7-11-25)21-45-31-17-30(44-20-24-8-12-27(42-5)13-9-24)28(18-38-31)29-16-26(34(35,36)37)19-39(29)32(41)46-33(2,3)4/h6-13,16-19,22,40H,14-15,20-21H2,1-5H3. The first-order valence-corrected chi connectivity index (χ1v) is 14.5. The maximum absolute atomic E-state index is 13.8. The van der Waals surface area contributed by atoms with Crippen LogP contribution >= 0.6 is 0 Å². The molecule has 0 aliphatic carbocycles. The van der Waals surface area contributed by atoms with Gasteiger partial charge in [-0.25, -0.2) is 9.78 Å². The second kappa shape index (κ2) is 14.7. The molecule has 0 fully saturated rings. The Bertz CT molecular complexity index is 1600. The van der Waals surface area contributed by atoms with Gasteiger partial charge in [0.2, 0.25) is 5.88 Å². The van der Waals surface area contributed by atoms with E-state index in [2.05, 4.69) is 4.98 Å². The van der Waals surface area contributed by atoms with Gasteiger partial charge in [0.15, 0.2) is 0 Å². The molecule has 9 nitrogen and oxygen atoms in total. The molecule has 2 aromatic heterocycles. The zero-order valence-corrected chi connectivity index (χ0v) is 26.3. The van der Waals surface area contributed by atoms with E-state index in [-0.39, 0.29) is 55.4 Å². The number of methoxy groups -OCH3 is 1. The third-order valence-corrected chi connectivity index (χ3v) is 6.70. The Kier molecular flexibility index (Phi) is 11.0. The van der Waals surface area contributed by atoms with E-state index in [1.54, 1.807) is 52.1 Å². The zero-order valence-electron chi connectivity index (χ0n) is 26.3. The van der Waals surface area contributed by atoms with Gasteiger partial charge in [0, 0.05) is 18.5 Å². The Labute approximate surface area is 265 Å². The van der Waals surface area contributed by atoms with Crippen molar-refractivity contribution in [2.45, 2.75) is 58.8 Å². The summed E-state index contributed by atoms with van der Waals surface area (Å²) in [6.07, 6.45) is -3.90. The van der Waals surface area contributed by atoms with Crippen LogP contribution in [0, 0.1) is 0 Å².